The standard InChI is InChI=1S/C26H23ClN8O2/c1-3-6-21(36)34(2)16-12-17(13-16)35-25-22(24(28)30-14-31-25)23(33-35)18-9-8-15(11-19(18)27)26(37)32-20-7-4-5-10-29-20/h4-5,7-11,14,16-17H,12-13H2,1-2H3,(H2,28,30,31)(H,29,32,37)/t16-,17+. The minimum absolute atomic E-state index is 0.0163. The number of carbonyl (C=O) groups is 2. The Balaban J connectivity index is 1.44. The second-order valence-electron chi connectivity index (χ2n) is 8.68. The molecule has 1 aliphatic carbocycles. The van der Waals surface area contributed by atoms with Crippen molar-refractivity contribution < 1.29 is 9.59 Å². The number of benzene rings is 1. The van der Waals surface area contributed by atoms with E-state index in [1.54, 1.807) is 61.5 Å². The molecule has 0 atom stereocenters. The minimum Gasteiger partial charge on any atom is -0.383 e. The predicted octanol–water partition coefficient (Wildman–Crippen LogP) is 3.56. The lowest BCUT2D eigenvalue weighted by Gasteiger charge is -2.40. The number of anilines is 2. The smallest absolute Gasteiger partial charge is 0.298 e. The fraction of sp³-hybridized carbons (Fsp3) is 0.231. The first kappa shape index (κ1) is 24.2. The van der Waals surface area contributed by atoms with Gasteiger partial charge >= 0.3 is 0 Å². The third kappa shape index (κ3) is 4.57. The van der Waals surface area contributed by atoms with E-state index in [2.05, 4.69) is 32.1 Å². The second kappa shape index (κ2) is 9.87. The Morgan fingerprint density at radius 2 is 2.00 bits per heavy atom. The zero-order valence-corrected chi connectivity index (χ0v) is 20.9. The van der Waals surface area contributed by atoms with E-state index in [0.29, 0.717) is 51.5 Å². The van der Waals surface area contributed by atoms with Crippen LogP contribution in [0.1, 0.15) is 36.2 Å². The Hall–Kier alpha value is -4.49. The van der Waals surface area contributed by atoms with Crippen LogP contribution in [0.25, 0.3) is 22.3 Å². The molecule has 0 saturated heterocycles. The number of nitrogens with one attached hydrogen (secondary N) is 1. The van der Waals surface area contributed by atoms with Gasteiger partial charge in [-0.15, -0.1) is 0 Å². The number of nitrogen functional groups attached to an aromatic ring is 1. The van der Waals surface area contributed by atoms with Crippen molar-refractivity contribution in [1.82, 2.24) is 29.6 Å². The predicted molar refractivity (Wildman–Crippen MR) is 141 cm³/mol. The van der Waals surface area contributed by atoms with Crippen molar-refractivity contribution in [3.63, 3.8) is 0 Å². The fourth-order valence-electron chi connectivity index (χ4n) is 4.35. The third-order valence-electron chi connectivity index (χ3n) is 6.45. The van der Waals surface area contributed by atoms with Gasteiger partial charge < -0.3 is 16.0 Å². The van der Waals surface area contributed by atoms with Gasteiger partial charge in [-0.2, -0.15) is 5.10 Å². The quantitative estimate of drug-likeness (QED) is 0.389. The van der Waals surface area contributed by atoms with Crippen LogP contribution in [0.3, 0.4) is 0 Å². The summed E-state index contributed by atoms with van der Waals surface area (Å²) >= 11 is 6.65. The van der Waals surface area contributed by atoms with Gasteiger partial charge in [0.15, 0.2) is 5.65 Å². The number of pyridine rings is 1. The summed E-state index contributed by atoms with van der Waals surface area (Å²) in [5, 5.41) is 8.49. The normalized spacial score (nSPS) is 16.4. The summed E-state index contributed by atoms with van der Waals surface area (Å²) in [6.45, 7) is 1.64. The number of hydrogen-bond donors (Lipinski definition) is 2. The van der Waals surface area contributed by atoms with Crippen molar-refractivity contribution in [3.8, 4) is 23.1 Å². The zero-order chi connectivity index (χ0) is 26.1. The van der Waals surface area contributed by atoms with Crippen LogP contribution in [0.4, 0.5) is 11.6 Å². The molecule has 3 aromatic heterocycles. The number of nitrogens with zero attached hydrogens (tertiary/aromatic N) is 6. The van der Waals surface area contributed by atoms with Gasteiger partial charge in [-0.05, 0) is 50.0 Å². The van der Waals surface area contributed by atoms with Gasteiger partial charge in [0.25, 0.3) is 11.8 Å². The van der Waals surface area contributed by atoms with Gasteiger partial charge in [0.05, 0.1) is 16.5 Å². The SMILES string of the molecule is CC#CC(=O)N(C)[C@H]1C[C@@H](n2nc(-c3ccc(C(=O)Nc4ccccn4)cc3Cl)c3c(N)ncnc32)C1. The molecule has 1 aliphatic rings. The summed E-state index contributed by atoms with van der Waals surface area (Å²) < 4.78 is 1.82. The lowest BCUT2D eigenvalue weighted by Crippen LogP contribution is -2.46. The van der Waals surface area contributed by atoms with Gasteiger partial charge in [0.1, 0.15) is 23.7 Å². The first-order valence-electron chi connectivity index (χ1n) is 11.6. The second-order valence-corrected chi connectivity index (χ2v) is 9.09. The molecule has 5 rings (SSSR count). The first-order valence-corrected chi connectivity index (χ1v) is 12.0. The number of hydrogen-bond acceptors (Lipinski definition) is 7. The number of carbonyl (C=O) groups excluding carboxylic acids is 2. The van der Waals surface area contributed by atoms with Gasteiger partial charge in [0.2, 0.25) is 0 Å². The van der Waals surface area contributed by atoms with Crippen molar-refractivity contribution in [2.45, 2.75) is 31.8 Å². The van der Waals surface area contributed by atoms with Crippen molar-refractivity contribution in [2.75, 3.05) is 18.1 Å². The highest BCUT2D eigenvalue weighted by Gasteiger charge is 2.37. The molecule has 3 N–H and O–H groups in total. The van der Waals surface area contributed by atoms with Gasteiger partial charge in [-0.1, -0.05) is 29.7 Å². The Labute approximate surface area is 217 Å². The van der Waals surface area contributed by atoms with Crippen molar-refractivity contribution in [3.05, 3.63) is 59.5 Å². The maximum Gasteiger partial charge on any atom is 0.298 e. The highest BCUT2D eigenvalue weighted by atomic mass is 35.5. The van der Waals surface area contributed by atoms with Crippen LogP contribution in [0.2, 0.25) is 5.02 Å². The molecule has 3 heterocycles. The molecule has 0 spiro atoms. The minimum atomic E-state index is -0.336. The molecule has 11 heteroatoms. The molecular weight excluding hydrogens is 492 g/mol. The van der Waals surface area contributed by atoms with E-state index >= 15 is 0 Å². The molecule has 1 saturated carbocycles. The van der Waals surface area contributed by atoms with Gasteiger partial charge in [0, 0.05) is 30.4 Å². The Bertz CT molecular complexity index is 1570. The number of rotatable bonds is 5. The van der Waals surface area contributed by atoms with Crippen molar-refractivity contribution >= 4 is 46.1 Å². The topological polar surface area (TPSA) is 132 Å². The van der Waals surface area contributed by atoms with Crippen molar-refractivity contribution in [1.29, 1.82) is 0 Å². The number of aromatic nitrogens is 5. The van der Waals surface area contributed by atoms with Crippen LogP contribution in [-0.2, 0) is 4.79 Å². The Morgan fingerprint density at radius 3 is 2.70 bits per heavy atom. The summed E-state index contributed by atoms with van der Waals surface area (Å²) in [5.74, 6) is 5.40. The van der Waals surface area contributed by atoms with Crippen LogP contribution >= 0.6 is 11.6 Å². The Morgan fingerprint density at radius 1 is 1.19 bits per heavy atom. The van der Waals surface area contributed by atoms with Crippen LogP contribution in [0, 0.1) is 11.8 Å². The molecule has 0 radical (unpaired) electrons. The monoisotopic (exact) mass is 514 g/mol. The van der Waals surface area contributed by atoms with Crippen LogP contribution in [-0.4, -0.2) is 54.5 Å². The summed E-state index contributed by atoms with van der Waals surface area (Å²) in [6, 6.07) is 10.3. The number of fused-ring (bicyclic) bond motifs is 1. The summed E-state index contributed by atoms with van der Waals surface area (Å²) in [7, 11) is 1.76. The van der Waals surface area contributed by atoms with Crippen LogP contribution in [0.15, 0.2) is 48.9 Å². The maximum atomic E-state index is 12.7. The lowest BCUT2D eigenvalue weighted by atomic mass is 9.85. The summed E-state index contributed by atoms with van der Waals surface area (Å²) in [5.41, 5.74) is 8.33. The molecule has 1 aromatic carbocycles. The lowest BCUT2D eigenvalue weighted by molar-refractivity contribution is -0.128. The average molecular weight is 515 g/mol. The molecule has 37 heavy (non-hydrogen) atoms. The fourth-order valence-corrected chi connectivity index (χ4v) is 4.62. The molecule has 2 amide bonds. The van der Waals surface area contributed by atoms with E-state index in [-0.39, 0.29) is 29.7 Å². The highest BCUT2D eigenvalue weighted by Crippen LogP contribution is 2.41. The third-order valence-corrected chi connectivity index (χ3v) is 6.76. The highest BCUT2D eigenvalue weighted by molar-refractivity contribution is 6.34. The molecule has 0 unspecified atom stereocenters. The average Bonchev–Trinajstić information content (AvgIpc) is 3.24. The largest absolute Gasteiger partial charge is 0.383 e. The summed E-state index contributed by atoms with van der Waals surface area (Å²) in [4.78, 5) is 39.2. The molecule has 4 aromatic rings. The molecular formula is C26H23ClN8O2. The summed E-state index contributed by atoms with van der Waals surface area (Å²) in [6.07, 6.45) is 4.40. The number of halogens is 1. The van der Waals surface area contributed by atoms with Gasteiger partial charge in [-0.3, -0.25) is 9.59 Å². The number of nitrogens with two attached hydrogens (primary N) is 1. The first-order chi connectivity index (χ1) is 17.9. The molecule has 1 fully saturated rings. The molecule has 0 aliphatic heterocycles. The molecule has 186 valence electrons. The van der Waals surface area contributed by atoms with Crippen LogP contribution in [0.5, 0.6) is 0 Å². The zero-order valence-electron chi connectivity index (χ0n) is 20.1. The maximum absolute atomic E-state index is 12.7. The molecule has 0 bridgehead atoms. The van der Waals surface area contributed by atoms with Gasteiger partial charge in [-0.25, -0.2) is 19.6 Å². The molecule has 10 nitrogen and oxygen atoms in total. The van der Waals surface area contributed by atoms with E-state index < -0.39 is 0 Å². The van der Waals surface area contributed by atoms with Crippen molar-refractivity contribution in [2.24, 2.45) is 0 Å². The van der Waals surface area contributed by atoms with Crippen LogP contribution < -0.4 is 11.1 Å². The van der Waals surface area contributed by atoms with E-state index in [4.69, 9.17) is 22.4 Å². The number of amides is 2. The van der Waals surface area contributed by atoms with E-state index in [1.165, 1.54) is 6.33 Å². The van der Waals surface area contributed by atoms with E-state index in [1.807, 2.05) is 4.68 Å². The van der Waals surface area contributed by atoms with E-state index in [0.717, 1.165) is 0 Å². The Kier molecular flexibility index (Phi) is 6.46. The van der Waals surface area contributed by atoms with E-state index in [9.17, 15) is 9.59 Å².